The maximum atomic E-state index is 5.43. The number of para-hydroxylation sites is 1. The van der Waals surface area contributed by atoms with Crippen molar-refractivity contribution >= 4 is 5.95 Å². The number of likely N-dealkylation sites (tertiary alicyclic amines) is 1. The number of anilines is 1. The standard InChI is InChI=1S/C17H22N4O/c1-22-16-6-3-2-5-14(16)13-21-11-7-15(8-12-21)20-17-18-9-4-10-19-17/h2-6,9-10,15H,7-8,11-13H2,1H3,(H,18,19,20). The Morgan fingerprint density at radius 2 is 1.86 bits per heavy atom. The summed E-state index contributed by atoms with van der Waals surface area (Å²) in [5.74, 6) is 1.70. The highest BCUT2D eigenvalue weighted by atomic mass is 16.5. The van der Waals surface area contributed by atoms with E-state index in [0.717, 1.165) is 44.2 Å². The van der Waals surface area contributed by atoms with Gasteiger partial charge in [-0.1, -0.05) is 18.2 Å². The quantitative estimate of drug-likeness (QED) is 0.919. The predicted octanol–water partition coefficient (Wildman–Crippen LogP) is 2.56. The summed E-state index contributed by atoms with van der Waals surface area (Å²) < 4.78 is 5.43. The van der Waals surface area contributed by atoms with Crippen molar-refractivity contribution in [2.75, 3.05) is 25.5 Å². The molecule has 1 saturated heterocycles. The van der Waals surface area contributed by atoms with E-state index in [1.165, 1.54) is 5.56 Å². The minimum Gasteiger partial charge on any atom is -0.496 e. The van der Waals surface area contributed by atoms with Gasteiger partial charge in [0, 0.05) is 43.6 Å². The van der Waals surface area contributed by atoms with Crippen molar-refractivity contribution in [1.29, 1.82) is 0 Å². The lowest BCUT2D eigenvalue weighted by atomic mass is 10.0. The van der Waals surface area contributed by atoms with Gasteiger partial charge in [-0.15, -0.1) is 0 Å². The van der Waals surface area contributed by atoms with Crippen LogP contribution in [-0.2, 0) is 6.54 Å². The van der Waals surface area contributed by atoms with Gasteiger partial charge in [-0.05, 0) is 25.0 Å². The van der Waals surface area contributed by atoms with Crippen LogP contribution in [-0.4, -0.2) is 41.1 Å². The molecular formula is C17H22N4O. The summed E-state index contributed by atoms with van der Waals surface area (Å²) in [5.41, 5.74) is 1.25. The predicted molar refractivity (Wildman–Crippen MR) is 86.9 cm³/mol. The van der Waals surface area contributed by atoms with Gasteiger partial charge in [-0.2, -0.15) is 0 Å². The number of nitrogens with one attached hydrogen (secondary N) is 1. The molecule has 0 bridgehead atoms. The van der Waals surface area contributed by atoms with E-state index >= 15 is 0 Å². The van der Waals surface area contributed by atoms with Crippen molar-refractivity contribution in [1.82, 2.24) is 14.9 Å². The average molecular weight is 298 g/mol. The number of benzene rings is 1. The molecule has 1 aliphatic rings. The van der Waals surface area contributed by atoms with Crippen LogP contribution in [0.5, 0.6) is 5.75 Å². The van der Waals surface area contributed by atoms with Gasteiger partial charge in [0.1, 0.15) is 5.75 Å². The van der Waals surface area contributed by atoms with Crippen LogP contribution in [0.25, 0.3) is 0 Å². The van der Waals surface area contributed by atoms with Crippen molar-refractivity contribution in [3.8, 4) is 5.75 Å². The van der Waals surface area contributed by atoms with Gasteiger partial charge in [0.25, 0.3) is 0 Å². The number of nitrogens with zero attached hydrogens (tertiary/aromatic N) is 3. The first-order chi connectivity index (χ1) is 10.8. The summed E-state index contributed by atoms with van der Waals surface area (Å²) >= 11 is 0. The monoisotopic (exact) mass is 298 g/mol. The zero-order valence-electron chi connectivity index (χ0n) is 12.9. The molecule has 0 amide bonds. The molecule has 0 unspecified atom stereocenters. The molecule has 1 aromatic heterocycles. The Bertz CT molecular complexity index is 582. The van der Waals surface area contributed by atoms with Crippen molar-refractivity contribution in [2.24, 2.45) is 0 Å². The fraction of sp³-hybridized carbons (Fsp3) is 0.412. The summed E-state index contributed by atoms with van der Waals surface area (Å²) in [6, 6.07) is 10.5. The van der Waals surface area contributed by atoms with Crippen LogP contribution in [0.2, 0.25) is 0 Å². The highest BCUT2D eigenvalue weighted by Crippen LogP contribution is 2.22. The minimum atomic E-state index is 0.455. The van der Waals surface area contributed by atoms with E-state index in [2.05, 4.69) is 32.3 Å². The van der Waals surface area contributed by atoms with Gasteiger partial charge in [0.2, 0.25) is 5.95 Å². The smallest absolute Gasteiger partial charge is 0.222 e. The van der Waals surface area contributed by atoms with Gasteiger partial charge in [0.05, 0.1) is 7.11 Å². The van der Waals surface area contributed by atoms with Crippen LogP contribution < -0.4 is 10.1 Å². The van der Waals surface area contributed by atoms with Crippen LogP contribution >= 0.6 is 0 Å². The molecule has 1 fully saturated rings. The second-order valence-electron chi connectivity index (χ2n) is 5.58. The first-order valence-corrected chi connectivity index (χ1v) is 7.73. The molecule has 5 nitrogen and oxygen atoms in total. The van der Waals surface area contributed by atoms with E-state index in [9.17, 15) is 0 Å². The molecule has 2 aromatic rings. The number of hydrogen-bond acceptors (Lipinski definition) is 5. The van der Waals surface area contributed by atoms with E-state index in [4.69, 9.17) is 4.74 Å². The maximum absolute atomic E-state index is 5.43. The molecule has 5 heteroatoms. The Balaban J connectivity index is 1.51. The third kappa shape index (κ3) is 3.74. The fourth-order valence-electron chi connectivity index (χ4n) is 2.87. The summed E-state index contributed by atoms with van der Waals surface area (Å²) in [5, 5.41) is 3.41. The SMILES string of the molecule is COc1ccccc1CN1CCC(Nc2ncccn2)CC1. The lowest BCUT2D eigenvalue weighted by Gasteiger charge is -2.32. The third-order valence-corrected chi connectivity index (χ3v) is 4.07. The number of piperidine rings is 1. The summed E-state index contributed by atoms with van der Waals surface area (Å²) in [6.07, 6.45) is 5.75. The molecule has 0 atom stereocenters. The molecule has 1 aromatic carbocycles. The van der Waals surface area contributed by atoms with Gasteiger partial charge in [-0.25, -0.2) is 9.97 Å². The Kier molecular flexibility index (Phi) is 4.85. The average Bonchev–Trinajstić information content (AvgIpc) is 2.58. The van der Waals surface area contributed by atoms with Gasteiger partial charge in [0.15, 0.2) is 0 Å². The first kappa shape index (κ1) is 14.8. The molecule has 22 heavy (non-hydrogen) atoms. The third-order valence-electron chi connectivity index (χ3n) is 4.07. The normalized spacial score (nSPS) is 16.4. The molecule has 0 spiro atoms. The number of ether oxygens (including phenoxy) is 1. The van der Waals surface area contributed by atoms with Crippen LogP contribution in [0.15, 0.2) is 42.7 Å². The van der Waals surface area contributed by atoms with Crippen LogP contribution in [0.1, 0.15) is 18.4 Å². The summed E-state index contributed by atoms with van der Waals surface area (Å²) in [4.78, 5) is 10.9. The fourth-order valence-corrected chi connectivity index (χ4v) is 2.87. The van der Waals surface area contributed by atoms with Crippen molar-refractivity contribution in [2.45, 2.75) is 25.4 Å². The maximum Gasteiger partial charge on any atom is 0.222 e. The Morgan fingerprint density at radius 1 is 1.14 bits per heavy atom. The van der Waals surface area contributed by atoms with Crippen LogP contribution in [0.3, 0.4) is 0 Å². The molecular weight excluding hydrogens is 276 g/mol. The molecule has 0 aliphatic carbocycles. The van der Waals surface area contributed by atoms with Crippen molar-refractivity contribution in [3.05, 3.63) is 48.3 Å². The van der Waals surface area contributed by atoms with E-state index in [1.807, 2.05) is 18.2 Å². The molecule has 3 rings (SSSR count). The first-order valence-electron chi connectivity index (χ1n) is 7.73. The minimum absolute atomic E-state index is 0.455. The number of aromatic nitrogens is 2. The molecule has 0 saturated carbocycles. The second kappa shape index (κ2) is 7.22. The molecule has 1 N–H and O–H groups in total. The van der Waals surface area contributed by atoms with E-state index < -0.39 is 0 Å². The van der Waals surface area contributed by atoms with E-state index in [0.29, 0.717) is 6.04 Å². The van der Waals surface area contributed by atoms with Crippen LogP contribution in [0, 0.1) is 0 Å². The molecule has 1 aliphatic heterocycles. The van der Waals surface area contributed by atoms with Gasteiger partial charge in [-0.3, -0.25) is 4.90 Å². The summed E-state index contributed by atoms with van der Waals surface area (Å²) in [6.45, 7) is 3.09. The molecule has 2 heterocycles. The van der Waals surface area contributed by atoms with E-state index in [-0.39, 0.29) is 0 Å². The zero-order valence-corrected chi connectivity index (χ0v) is 12.9. The Labute approximate surface area is 131 Å². The second-order valence-corrected chi connectivity index (χ2v) is 5.58. The van der Waals surface area contributed by atoms with Crippen LogP contribution in [0.4, 0.5) is 5.95 Å². The number of hydrogen-bond donors (Lipinski definition) is 1. The lowest BCUT2D eigenvalue weighted by Crippen LogP contribution is -2.39. The molecule has 0 radical (unpaired) electrons. The van der Waals surface area contributed by atoms with Gasteiger partial charge >= 0.3 is 0 Å². The number of methoxy groups -OCH3 is 1. The summed E-state index contributed by atoms with van der Waals surface area (Å²) in [7, 11) is 1.73. The topological polar surface area (TPSA) is 50.3 Å². The lowest BCUT2D eigenvalue weighted by molar-refractivity contribution is 0.208. The highest BCUT2D eigenvalue weighted by Gasteiger charge is 2.20. The number of rotatable bonds is 5. The Morgan fingerprint density at radius 3 is 2.59 bits per heavy atom. The van der Waals surface area contributed by atoms with Gasteiger partial charge < -0.3 is 10.1 Å². The van der Waals surface area contributed by atoms with E-state index in [1.54, 1.807) is 19.5 Å². The molecule has 116 valence electrons. The highest BCUT2D eigenvalue weighted by molar-refractivity contribution is 5.33. The largest absolute Gasteiger partial charge is 0.496 e. The van der Waals surface area contributed by atoms with Crippen molar-refractivity contribution < 1.29 is 4.74 Å². The zero-order chi connectivity index (χ0) is 15.2. The van der Waals surface area contributed by atoms with Crippen molar-refractivity contribution in [3.63, 3.8) is 0 Å². The Hall–Kier alpha value is -2.14.